The molecule has 0 unspecified atom stereocenters. The number of ether oxygens (including phenoxy) is 1. The van der Waals surface area contributed by atoms with Crippen molar-refractivity contribution in [2.24, 2.45) is 0 Å². The number of halogens is 5. The van der Waals surface area contributed by atoms with Crippen molar-refractivity contribution in [1.29, 1.82) is 0 Å². The Kier molecular flexibility index (Phi) is 13.3. The zero-order chi connectivity index (χ0) is 33.8. The zero-order valence-electron chi connectivity index (χ0n) is 26.0. The third-order valence-corrected chi connectivity index (χ3v) is 8.29. The van der Waals surface area contributed by atoms with E-state index in [0.717, 1.165) is 44.1 Å². The average Bonchev–Trinajstić information content (AvgIpc) is 3.08. The van der Waals surface area contributed by atoms with Crippen LogP contribution in [-0.4, -0.2) is 36.0 Å². The molecule has 0 saturated heterocycles. The summed E-state index contributed by atoms with van der Waals surface area (Å²) in [6.45, 7) is 0. The number of carbonyl (C=O) groups excluding carboxylic acids is 3. The highest BCUT2D eigenvalue weighted by atomic mass is 19.2. The van der Waals surface area contributed by atoms with E-state index in [-0.39, 0.29) is 18.9 Å². The predicted octanol–water partition coefficient (Wildman–Crippen LogP) is 6.82. The fraction of sp³-hybridized carbons (Fsp3) is 0.417. The highest BCUT2D eigenvalue weighted by molar-refractivity contribution is 5.91. The lowest BCUT2D eigenvalue weighted by molar-refractivity contribution is -0.154. The van der Waals surface area contributed by atoms with Crippen LogP contribution in [-0.2, 0) is 38.4 Å². The quantitative estimate of drug-likeness (QED) is 0.103. The summed E-state index contributed by atoms with van der Waals surface area (Å²) in [5.41, 5.74) is 0.0255. The number of hydrogen-bond donors (Lipinski definition) is 2. The van der Waals surface area contributed by atoms with E-state index in [1.165, 1.54) is 6.42 Å². The van der Waals surface area contributed by atoms with Crippen LogP contribution in [0.2, 0.25) is 0 Å². The van der Waals surface area contributed by atoms with Crippen LogP contribution >= 0.6 is 0 Å². The van der Waals surface area contributed by atoms with E-state index in [0.29, 0.717) is 18.4 Å². The van der Waals surface area contributed by atoms with Gasteiger partial charge >= 0.3 is 5.97 Å². The van der Waals surface area contributed by atoms with E-state index in [9.17, 15) is 36.3 Å². The Labute approximate surface area is 271 Å². The summed E-state index contributed by atoms with van der Waals surface area (Å²) < 4.78 is 75.7. The standard InChI is InChI=1S/C36H39F5N2O4/c37-30-26(31(38)33(40)34(41)32(30)39)22-29(44)42-27(20-23-14-8-6-9-15-23)35(45)43-28(21-24-16-10-7-11-17-24)36(46)47-25-18-12-4-2-1-3-5-13-19-25/h6-11,14-17,25,27-28H,1-5,12-13,18-22H2,(H,42,44)(H,43,45)/t27-,28-/m0/s1. The number of rotatable bonds is 11. The first-order valence-corrected chi connectivity index (χ1v) is 16.0. The Balaban J connectivity index is 1.54. The smallest absolute Gasteiger partial charge is 0.329 e. The number of nitrogens with one attached hydrogen (secondary N) is 2. The molecule has 47 heavy (non-hydrogen) atoms. The lowest BCUT2D eigenvalue weighted by atomic mass is 9.99. The van der Waals surface area contributed by atoms with Crippen LogP contribution in [0.5, 0.6) is 0 Å². The third-order valence-electron chi connectivity index (χ3n) is 8.29. The van der Waals surface area contributed by atoms with Gasteiger partial charge in [-0.05, 0) is 36.8 Å². The molecule has 2 N–H and O–H groups in total. The van der Waals surface area contributed by atoms with E-state index < -0.39 is 70.9 Å². The maximum atomic E-state index is 14.3. The summed E-state index contributed by atoms with van der Waals surface area (Å²) in [4.78, 5) is 40.3. The lowest BCUT2D eigenvalue weighted by Gasteiger charge is -2.26. The van der Waals surface area contributed by atoms with Gasteiger partial charge in [0.05, 0.1) is 6.42 Å². The summed E-state index contributed by atoms with van der Waals surface area (Å²) >= 11 is 0. The topological polar surface area (TPSA) is 84.5 Å². The van der Waals surface area contributed by atoms with Gasteiger partial charge in [-0.3, -0.25) is 9.59 Å². The molecule has 4 rings (SSSR count). The minimum absolute atomic E-state index is 0.0920. The first-order valence-electron chi connectivity index (χ1n) is 16.0. The Morgan fingerprint density at radius 1 is 0.617 bits per heavy atom. The van der Waals surface area contributed by atoms with Gasteiger partial charge in [-0.15, -0.1) is 0 Å². The van der Waals surface area contributed by atoms with Gasteiger partial charge in [0.25, 0.3) is 0 Å². The molecule has 0 aromatic heterocycles. The highest BCUT2D eigenvalue weighted by Crippen LogP contribution is 2.24. The number of carbonyl (C=O) groups is 3. The van der Waals surface area contributed by atoms with Gasteiger partial charge in [-0.1, -0.05) is 92.8 Å². The van der Waals surface area contributed by atoms with Gasteiger partial charge in [-0.2, -0.15) is 0 Å². The molecule has 0 heterocycles. The van der Waals surface area contributed by atoms with Crippen molar-refractivity contribution in [3.05, 3.63) is 106 Å². The molecule has 0 spiro atoms. The van der Waals surface area contributed by atoms with Gasteiger partial charge in [-0.25, -0.2) is 26.7 Å². The van der Waals surface area contributed by atoms with Gasteiger partial charge in [0.15, 0.2) is 23.3 Å². The van der Waals surface area contributed by atoms with Crippen LogP contribution in [0.15, 0.2) is 60.7 Å². The van der Waals surface area contributed by atoms with Crippen molar-refractivity contribution in [2.75, 3.05) is 0 Å². The molecule has 1 saturated carbocycles. The Morgan fingerprint density at radius 2 is 1.06 bits per heavy atom. The minimum atomic E-state index is -2.34. The van der Waals surface area contributed by atoms with Crippen LogP contribution in [0.4, 0.5) is 22.0 Å². The maximum absolute atomic E-state index is 14.3. The van der Waals surface area contributed by atoms with Crippen LogP contribution in [0, 0.1) is 29.1 Å². The van der Waals surface area contributed by atoms with Crippen molar-refractivity contribution >= 4 is 17.8 Å². The second-order valence-corrected chi connectivity index (χ2v) is 11.9. The minimum Gasteiger partial charge on any atom is -0.461 e. The molecule has 2 atom stereocenters. The molecular weight excluding hydrogens is 619 g/mol. The average molecular weight is 659 g/mol. The number of hydrogen-bond acceptors (Lipinski definition) is 4. The summed E-state index contributed by atoms with van der Waals surface area (Å²) in [6, 6.07) is 15.0. The molecule has 3 aromatic rings. The fourth-order valence-electron chi connectivity index (χ4n) is 5.72. The van der Waals surface area contributed by atoms with Crippen molar-refractivity contribution in [1.82, 2.24) is 10.6 Å². The first kappa shape index (κ1) is 35.6. The Bertz CT molecular complexity index is 1470. The maximum Gasteiger partial charge on any atom is 0.329 e. The summed E-state index contributed by atoms with van der Waals surface area (Å²) in [7, 11) is 0. The van der Waals surface area contributed by atoms with Crippen LogP contribution in [0.25, 0.3) is 0 Å². The van der Waals surface area contributed by atoms with Gasteiger partial charge in [0.2, 0.25) is 17.6 Å². The molecule has 0 radical (unpaired) electrons. The zero-order valence-corrected chi connectivity index (χ0v) is 26.0. The van der Waals surface area contributed by atoms with Crippen molar-refractivity contribution in [3.8, 4) is 0 Å². The number of amides is 2. The van der Waals surface area contributed by atoms with Gasteiger partial charge < -0.3 is 15.4 Å². The molecule has 11 heteroatoms. The first-order chi connectivity index (χ1) is 22.6. The molecule has 0 aliphatic heterocycles. The second kappa shape index (κ2) is 17.6. The van der Waals surface area contributed by atoms with Crippen molar-refractivity contribution in [2.45, 2.75) is 95.2 Å². The molecule has 2 amide bonds. The van der Waals surface area contributed by atoms with E-state index in [1.54, 1.807) is 54.6 Å². The van der Waals surface area contributed by atoms with Gasteiger partial charge in [0.1, 0.15) is 18.2 Å². The molecule has 0 bridgehead atoms. The van der Waals surface area contributed by atoms with Crippen molar-refractivity contribution in [3.63, 3.8) is 0 Å². The highest BCUT2D eigenvalue weighted by Gasteiger charge is 2.31. The molecule has 252 valence electrons. The Morgan fingerprint density at radius 3 is 1.57 bits per heavy atom. The molecule has 3 aromatic carbocycles. The van der Waals surface area contributed by atoms with E-state index in [2.05, 4.69) is 10.6 Å². The Hall–Kier alpha value is -4.28. The molecule has 1 aliphatic rings. The monoisotopic (exact) mass is 658 g/mol. The largest absolute Gasteiger partial charge is 0.461 e. The third kappa shape index (κ3) is 10.4. The molecule has 1 fully saturated rings. The summed E-state index contributed by atoms with van der Waals surface area (Å²) in [5, 5.41) is 5.06. The SMILES string of the molecule is O=C(Cc1c(F)c(F)c(F)c(F)c1F)N[C@@H](Cc1ccccc1)C(=O)N[C@@H](Cc1ccccc1)C(=O)OC1CCCCCCCCC1. The normalized spacial score (nSPS) is 15.7. The molecular formula is C36H39F5N2O4. The summed E-state index contributed by atoms with van der Waals surface area (Å²) in [5.74, 6) is -13.5. The second-order valence-electron chi connectivity index (χ2n) is 11.9. The van der Waals surface area contributed by atoms with E-state index in [1.807, 2.05) is 6.07 Å². The van der Waals surface area contributed by atoms with Gasteiger partial charge in [0, 0.05) is 18.4 Å². The van der Waals surface area contributed by atoms with Crippen molar-refractivity contribution < 1.29 is 41.1 Å². The molecule has 6 nitrogen and oxygen atoms in total. The van der Waals surface area contributed by atoms with E-state index >= 15 is 0 Å². The molecule has 1 aliphatic carbocycles. The summed E-state index contributed by atoms with van der Waals surface area (Å²) in [6.07, 6.45) is 7.27. The number of benzene rings is 3. The fourth-order valence-corrected chi connectivity index (χ4v) is 5.72. The van der Waals surface area contributed by atoms with Crippen LogP contribution < -0.4 is 10.6 Å². The number of esters is 1. The van der Waals surface area contributed by atoms with Crippen LogP contribution in [0.1, 0.15) is 74.5 Å². The van der Waals surface area contributed by atoms with Crippen LogP contribution in [0.3, 0.4) is 0 Å². The lowest BCUT2D eigenvalue weighted by Crippen LogP contribution is -2.54. The predicted molar refractivity (Wildman–Crippen MR) is 166 cm³/mol. The van der Waals surface area contributed by atoms with E-state index in [4.69, 9.17) is 4.74 Å².